The maximum Gasteiger partial charge on any atom is 0.291 e. The van der Waals surface area contributed by atoms with Gasteiger partial charge >= 0.3 is 0 Å². The summed E-state index contributed by atoms with van der Waals surface area (Å²) < 4.78 is 5.46. The molecule has 1 atom stereocenters. The van der Waals surface area contributed by atoms with Crippen LogP contribution in [0.3, 0.4) is 0 Å². The van der Waals surface area contributed by atoms with E-state index >= 15 is 0 Å². The third-order valence-corrected chi connectivity index (χ3v) is 3.71. The number of rotatable bonds is 4. The summed E-state index contributed by atoms with van der Waals surface area (Å²) in [4.78, 5) is 18.7. The molecule has 1 aliphatic heterocycles. The van der Waals surface area contributed by atoms with Gasteiger partial charge in [0.2, 0.25) is 5.76 Å². The van der Waals surface area contributed by atoms with E-state index in [2.05, 4.69) is 10.3 Å². The fourth-order valence-electron chi connectivity index (χ4n) is 2.74. The number of carbonyl (C=O) groups is 1. The van der Waals surface area contributed by atoms with Crippen LogP contribution < -0.4 is 5.32 Å². The van der Waals surface area contributed by atoms with Crippen molar-refractivity contribution in [2.75, 3.05) is 20.1 Å². The van der Waals surface area contributed by atoms with Crippen molar-refractivity contribution < 1.29 is 9.21 Å². The number of carbonyl (C=O) groups excluding carboxylic acids is 1. The molecule has 1 N–H and O–H groups in total. The van der Waals surface area contributed by atoms with Crippen molar-refractivity contribution in [2.24, 2.45) is 0 Å². The van der Waals surface area contributed by atoms with Crippen LogP contribution >= 0.6 is 0 Å². The van der Waals surface area contributed by atoms with Crippen LogP contribution in [0.1, 0.15) is 47.8 Å². The van der Waals surface area contributed by atoms with Gasteiger partial charge in [0.25, 0.3) is 5.91 Å². The van der Waals surface area contributed by atoms with Gasteiger partial charge in [0.05, 0.1) is 5.69 Å². The van der Waals surface area contributed by atoms with E-state index in [1.54, 1.807) is 6.92 Å². The minimum atomic E-state index is -0.00102. The molecule has 0 spiro atoms. The molecule has 0 aromatic carbocycles. The van der Waals surface area contributed by atoms with E-state index in [0.29, 0.717) is 23.4 Å². The second-order valence-electron chi connectivity index (χ2n) is 5.19. The van der Waals surface area contributed by atoms with Crippen LogP contribution in [0.5, 0.6) is 0 Å². The van der Waals surface area contributed by atoms with Crippen LogP contribution in [0.4, 0.5) is 0 Å². The Hall–Kier alpha value is -1.36. The molecule has 5 nitrogen and oxygen atoms in total. The molecule has 0 saturated carbocycles. The zero-order valence-corrected chi connectivity index (χ0v) is 12.0. The van der Waals surface area contributed by atoms with Gasteiger partial charge < -0.3 is 14.6 Å². The summed E-state index contributed by atoms with van der Waals surface area (Å²) >= 11 is 0. The topological polar surface area (TPSA) is 58.4 Å². The molecule has 1 aromatic rings. The SMILES string of the molecule is CNCCC1CCCCN1C(=O)c1oc(C)nc1C. The summed E-state index contributed by atoms with van der Waals surface area (Å²) in [6, 6.07) is 0.318. The van der Waals surface area contributed by atoms with Crippen LogP contribution in [0, 0.1) is 13.8 Å². The number of hydrogen-bond acceptors (Lipinski definition) is 4. The summed E-state index contributed by atoms with van der Waals surface area (Å²) in [6.07, 6.45) is 4.36. The number of piperidine rings is 1. The summed E-state index contributed by atoms with van der Waals surface area (Å²) in [6.45, 7) is 5.37. The van der Waals surface area contributed by atoms with Crippen LogP contribution in [0.25, 0.3) is 0 Å². The van der Waals surface area contributed by atoms with E-state index in [4.69, 9.17) is 4.42 Å². The van der Waals surface area contributed by atoms with E-state index in [0.717, 1.165) is 32.4 Å². The highest BCUT2D eigenvalue weighted by Crippen LogP contribution is 2.23. The van der Waals surface area contributed by atoms with E-state index in [1.165, 1.54) is 6.42 Å². The normalized spacial score (nSPS) is 19.7. The Labute approximate surface area is 114 Å². The molecule has 19 heavy (non-hydrogen) atoms. The second kappa shape index (κ2) is 6.19. The van der Waals surface area contributed by atoms with Crippen molar-refractivity contribution in [1.29, 1.82) is 0 Å². The van der Waals surface area contributed by atoms with Gasteiger partial charge in [-0.05, 0) is 46.2 Å². The number of amides is 1. The summed E-state index contributed by atoms with van der Waals surface area (Å²) in [5.41, 5.74) is 0.695. The highest BCUT2D eigenvalue weighted by Gasteiger charge is 2.30. The summed E-state index contributed by atoms with van der Waals surface area (Å²) in [5.74, 6) is 0.970. The zero-order valence-electron chi connectivity index (χ0n) is 12.0. The fourth-order valence-corrected chi connectivity index (χ4v) is 2.74. The van der Waals surface area contributed by atoms with Crippen LogP contribution in [-0.2, 0) is 0 Å². The molecule has 1 saturated heterocycles. The maximum absolute atomic E-state index is 12.6. The Kier molecular flexibility index (Phi) is 4.58. The standard InChI is InChI=1S/C14H23N3O2/c1-10-13(19-11(2)16-10)14(18)17-9-5-4-6-12(17)7-8-15-3/h12,15H,4-9H2,1-3H3. The number of nitrogens with one attached hydrogen (secondary N) is 1. The predicted molar refractivity (Wildman–Crippen MR) is 73.2 cm³/mol. The van der Waals surface area contributed by atoms with Crippen LogP contribution in [0.2, 0.25) is 0 Å². The molecule has 0 radical (unpaired) electrons. The molecule has 0 aliphatic carbocycles. The van der Waals surface area contributed by atoms with Gasteiger partial charge in [0, 0.05) is 19.5 Å². The van der Waals surface area contributed by atoms with Gasteiger partial charge in [-0.1, -0.05) is 0 Å². The van der Waals surface area contributed by atoms with Crippen molar-refractivity contribution in [3.8, 4) is 0 Å². The Morgan fingerprint density at radius 1 is 1.47 bits per heavy atom. The average Bonchev–Trinajstić information content (AvgIpc) is 2.75. The minimum Gasteiger partial charge on any atom is -0.436 e. The maximum atomic E-state index is 12.6. The second-order valence-corrected chi connectivity index (χ2v) is 5.19. The molecule has 1 aliphatic rings. The van der Waals surface area contributed by atoms with Gasteiger partial charge in [-0.15, -0.1) is 0 Å². The van der Waals surface area contributed by atoms with Gasteiger partial charge in [0.15, 0.2) is 5.89 Å². The molecular formula is C14H23N3O2. The molecular weight excluding hydrogens is 242 g/mol. The third-order valence-electron chi connectivity index (χ3n) is 3.71. The number of likely N-dealkylation sites (tertiary alicyclic amines) is 1. The van der Waals surface area contributed by atoms with Gasteiger partial charge in [-0.3, -0.25) is 4.79 Å². The number of nitrogens with zero attached hydrogens (tertiary/aromatic N) is 2. The Morgan fingerprint density at radius 2 is 2.26 bits per heavy atom. The first-order chi connectivity index (χ1) is 9.13. The molecule has 1 amide bonds. The van der Waals surface area contributed by atoms with Crippen molar-refractivity contribution in [2.45, 2.75) is 45.6 Å². The monoisotopic (exact) mass is 265 g/mol. The van der Waals surface area contributed by atoms with Crippen molar-refractivity contribution >= 4 is 5.91 Å². The first kappa shape index (κ1) is 14.1. The Balaban J connectivity index is 2.13. The molecule has 5 heteroatoms. The van der Waals surface area contributed by atoms with Gasteiger partial charge in [0.1, 0.15) is 0 Å². The number of oxazole rings is 1. The lowest BCUT2D eigenvalue weighted by atomic mass is 9.99. The zero-order chi connectivity index (χ0) is 13.8. The predicted octanol–water partition coefficient (Wildman–Crippen LogP) is 1.90. The molecule has 106 valence electrons. The van der Waals surface area contributed by atoms with Crippen LogP contribution in [-0.4, -0.2) is 42.0 Å². The van der Waals surface area contributed by atoms with E-state index in [-0.39, 0.29) is 5.91 Å². The van der Waals surface area contributed by atoms with Crippen molar-refractivity contribution in [1.82, 2.24) is 15.2 Å². The van der Waals surface area contributed by atoms with E-state index in [9.17, 15) is 4.79 Å². The lowest BCUT2D eigenvalue weighted by molar-refractivity contribution is 0.0568. The lowest BCUT2D eigenvalue weighted by Crippen LogP contribution is -2.44. The van der Waals surface area contributed by atoms with Crippen LogP contribution in [0.15, 0.2) is 4.42 Å². The molecule has 2 rings (SSSR count). The lowest BCUT2D eigenvalue weighted by Gasteiger charge is -2.35. The molecule has 1 aromatic heterocycles. The first-order valence-corrected chi connectivity index (χ1v) is 7.03. The first-order valence-electron chi connectivity index (χ1n) is 7.03. The largest absolute Gasteiger partial charge is 0.436 e. The summed E-state index contributed by atoms with van der Waals surface area (Å²) in [5, 5.41) is 3.16. The molecule has 2 heterocycles. The smallest absolute Gasteiger partial charge is 0.291 e. The third kappa shape index (κ3) is 3.15. The minimum absolute atomic E-state index is 0.00102. The van der Waals surface area contributed by atoms with Gasteiger partial charge in [-0.2, -0.15) is 0 Å². The molecule has 0 bridgehead atoms. The molecule has 1 unspecified atom stereocenters. The van der Waals surface area contributed by atoms with E-state index in [1.807, 2.05) is 18.9 Å². The summed E-state index contributed by atoms with van der Waals surface area (Å²) in [7, 11) is 1.94. The molecule has 1 fully saturated rings. The fraction of sp³-hybridized carbons (Fsp3) is 0.714. The van der Waals surface area contributed by atoms with Crippen molar-refractivity contribution in [3.05, 3.63) is 17.3 Å². The Morgan fingerprint density at radius 3 is 2.89 bits per heavy atom. The van der Waals surface area contributed by atoms with E-state index < -0.39 is 0 Å². The average molecular weight is 265 g/mol. The number of aromatic nitrogens is 1. The highest BCUT2D eigenvalue weighted by molar-refractivity contribution is 5.92. The number of aryl methyl sites for hydroxylation is 2. The number of hydrogen-bond donors (Lipinski definition) is 1. The van der Waals surface area contributed by atoms with Crippen molar-refractivity contribution in [3.63, 3.8) is 0 Å². The quantitative estimate of drug-likeness (QED) is 0.903. The Bertz CT molecular complexity index is 442. The highest BCUT2D eigenvalue weighted by atomic mass is 16.4. The van der Waals surface area contributed by atoms with Gasteiger partial charge in [-0.25, -0.2) is 4.98 Å².